The van der Waals surface area contributed by atoms with E-state index < -0.39 is 13.9 Å². The van der Waals surface area contributed by atoms with E-state index in [9.17, 15) is 9.46 Å². The maximum absolute atomic E-state index is 12.3. The van der Waals surface area contributed by atoms with Crippen LogP contribution in [0.25, 0.3) is 0 Å². The molecule has 0 aromatic carbocycles. The summed E-state index contributed by atoms with van der Waals surface area (Å²) in [7, 11) is 1.91. The van der Waals surface area contributed by atoms with Gasteiger partial charge in [-0.25, -0.2) is 4.57 Å². The zero-order valence-corrected chi connectivity index (χ0v) is 24.3. The van der Waals surface area contributed by atoms with Crippen molar-refractivity contribution < 1.29 is 32.5 Å². The van der Waals surface area contributed by atoms with Gasteiger partial charge in [0, 0.05) is 13.2 Å². The van der Waals surface area contributed by atoms with E-state index in [2.05, 4.69) is 6.92 Å². The van der Waals surface area contributed by atoms with Crippen LogP contribution in [0.2, 0.25) is 0 Å². The van der Waals surface area contributed by atoms with Crippen LogP contribution in [-0.4, -0.2) is 75.7 Å². The number of nitrogens with zero attached hydrogens (tertiary/aromatic N) is 1. The molecule has 0 aromatic heterocycles. The Morgan fingerprint density at radius 3 is 1.94 bits per heavy atom. The summed E-state index contributed by atoms with van der Waals surface area (Å²) in [6.45, 7) is 4.79. The topological polar surface area (TPSA) is 74.2 Å². The lowest BCUT2D eigenvalue weighted by Gasteiger charge is -2.32. The van der Waals surface area contributed by atoms with Crippen molar-refractivity contribution >= 4 is 7.82 Å². The predicted molar refractivity (Wildman–Crippen MR) is 144 cm³/mol. The zero-order valence-electron chi connectivity index (χ0n) is 23.4. The van der Waals surface area contributed by atoms with E-state index in [1.165, 1.54) is 83.5 Å². The van der Waals surface area contributed by atoms with Gasteiger partial charge >= 0.3 is 7.82 Å². The van der Waals surface area contributed by atoms with E-state index in [1.807, 2.05) is 21.1 Å². The first-order valence-corrected chi connectivity index (χ1v) is 15.9. The Bertz CT molecular complexity index is 542. The maximum atomic E-state index is 12.3. The number of likely N-dealkylation sites (N-methyl/N-ethyl adjacent to an activating group) is 1. The third kappa shape index (κ3) is 19.7. The molecule has 0 radical (unpaired) electrons. The summed E-state index contributed by atoms with van der Waals surface area (Å²) in [5, 5.41) is 0. The fourth-order valence-corrected chi connectivity index (χ4v) is 5.27. The van der Waals surface area contributed by atoms with Crippen molar-refractivity contribution in [1.29, 1.82) is 0 Å². The first-order valence-electron chi connectivity index (χ1n) is 14.4. The van der Waals surface area contributed by atoms with Crippen LogP contribution < -0.4 is 0 Å². The van der Waals surface area contributed by atoms with E-state index in [0.29, 0.717) is 37.3 Å². The lowest BCUT2D eigenvalue weighted by molar-refractivity contribution is -0.870. The van der Waals surface area contributed by atoms with Gasteiger partial charge in [-0.1, -0.05) is 90.4 Å². The highest BCUT2D eigenvalue weighted by molar-refractivity contribution is 7.47. The van der Waals surface area contributed by atoms with Gasteiger partial charge < -0.3 is 18.9 Å². The smallest absolute Gasteiger partial charge is 0.379 e. The monoisotopic (exact) mass is 522 g/mol. The van der Waals surface area contributed by atoms with Gasteiger partial charge in [0.25, 0.3) is 0 Å². The number of unbranched alkanes of at least 4 members (excludes halogenated alkanes) is 13. The van der Waals surface area contributed by atoms with Crippen molar-refractivity contribution in [2.24, 2.45) is 0 Å². The number of quaternary nitrogens is 1. The normalized spacial score (nSPS) is 20.7. The van der Waals surface area contributed by atoms with E-state index in [0.717, 1.165) is 12.8 Å². The minimum Gasteiger partial charge on any atom is -0.379 e. The molecule has 1 aliphatic rings. The average molecular weight is 523 g/mol. The molecule has 0 bridgehead atoms. The van der Waals surface area contributed by atoms with Gasteiger partial charge in [-0.15, -0.1) is 0 Å². The highest BCUT2D eigenvalue weighted by atomic mass is 31.2. The third-order valence-corrected chi connectivity index (χ3v) is 7.64. The van der Waals surface area contributed by atoms with Crippen LogP contribution in [0, 0.1) is 0 Å². The molecule has 1 aliphatic heterocycles. The van der Waals surface area contributed by atoms with Crippen molar-refractivity contribution in [1.82, 2.24) is 0 Å². The Morgan fingerprint density at radius 1 is 0.857 bits per heavy atom. The van der Waals surface area contributed by atoms with Crippen molar-refractivity contribution in [2.75, 3.05) is 54.1 Å². The van der Waals surface area contributed by atoms with E-state index in [1.54, 1.807) is 0 Å². The first-order chi connectivity index (χ1) is 16.7. The Balaban J connectivity index is 2.03. The molecule has 1 saturated heterocycles. The van der Waals surface area contributed by atoms with Crippen LogP contribution in [0.15, 0.2) is 0 Å². The van der Waals surface area contributed by atoms with E-state index >= 15 is 0 Å². The van der Waals surface area contributed by atoms with Gasteiger partial charge in [0.15, 0.2) is 0 Å². The molecule has 0 aromatic rings. The van der Waals surface area contributed by atoms with Crippen LogP contribution in [0.1, 0.15) is 110 Å². The molecule has 1 fully saturated rings. The van der Waals surface area contributed by atoms with Gasteiger partial charge in [0.05, 0.1) is 33.9 Å². The van der Waals surface area contributed by atoms with Gasteiger partial charge in [-0.3, -0.25) is 9.05 Å². The van der Waals surface area contributed by atoms with Gasteiger partial charge in [-0.2, -0.15) is 0 Å². The summed E-state index contributed by atoms with van der Waals surface area (Å²) in [4.78, 5) is 10.1. The molecular weight excluding hydrogens is 465 g/mol. The third-order valence-electron chi connectivity index (χ3n) is 6.59. The molecule has 35 heavy (non-hydrogen) atoms. The van der Waals surface area contributed by atoms with Crippen molar-refractivity contribution in [3.05, 3.63) is 0 Å². The van der Waals surface area contributed by atoms with Crippen LogP contribution in [0.3, 0.4) is 0 Å². The SMILES string of the molecule is CCCCCCCCCCCCCCCCOC[C@@H]1OCCC[C@H]1OP(=O)(O)OCC[N+](C)(C)C. The molecule has 210 valence electrons. The number of hydrogen-bond acceptors (Lipinski definition) is 5. The molecule has 3 atom stereocenters. The summed E-state index contributed by atoms with van der Waals surface area (Å²) in [6, 6.07) is 0. The van der Waals surface area contributed by atoms with Crippen molar-refractivity contribution in [3.63, 3.8) is 0 Å². The molecule has 0 saturated carbocycles. The Morgan fingerprint density at radius 2 is 1.40 bits per heavy atom. The van der Waals surface area contributed by atoms with E-state index in [4.69, 9.17) is 18.5 Å². The average Bonchev–Trinajstić information content (AvgIpc) is 2.78. The fourth-order valence-electron chi connectivity index (χ4n) is 4.32. The number of phosphoric ester groups is 1. The molecule has 7 nitrogen and oxygen atoms in total. The second-order valence-electron chi connectivity index (χ2n) is 11.2. The second kappa shape index (κ2) is 20.0. The predicted octanol–water partition coefficient (Wildman–Crippen LogP) is 6.87. The number of phosphoric acid groups is 1. The molecule has 0 aliphatic carbocycles. The minimum absolute atomic E-state index is 0.172. The van der Waals surface area contributed by atoms with Crippen LogP contribution in [0.5, 0.6) is 0 Å². The van der Waals surface area contributed by atoms with Gasteiger partial charge in [0.1, 0.15) is 19.3 Å². The Kier molecular flexibility index (Phi) is 18.9. The minimum atomic E-state index is -4.11. The largest absolute Gasteiger partial charge is 0.472 e. The summed E-state index contributed by atoms with van der Waals surface area (Å²) in [6.07, 6.45) is 19.4. The Labute approximate surface area is 216 Å². The molecule has 1 N–H and O–H groups in total. The number of rotatable bonds is 23. The van der Waals surface area contributed by atoms with Gasteiger partial charge in [0.2, 0.25) is 0 Å². The number of hydrogen-bond donors (Lipinski definition) is 1. The molecule has 1 heterocycles. The molecule has 1 rings (SSSR count). The highest BCUT2D eigenvalue weighted by Crippen LogP contribution is 2.46. The van der Waals surface area contributed by atoms with Crippen molar-refractivity contribution in [3.8, 4) is 0 Å². The first kappa shape index (κ1) is 33.0. The summed E-state index contributed by atoms with van der Waals surface area (Å²) in [5.41, 5.74) is 0. The molecule has 0 amide bonds. The lowest BCUT2D eigenvalue weighted by atomic mass is 10.0. The molecule has 1 unspecified atom stereocenters. The lowest BCUT2D eigenvalue weighted by Crippen LogP contribution is -2.39. The Hall–Kier alpha value is -0.0100. The second-order valence-corrected chi connectivity index (χ2v) is 12.6. The quantitative estimate of drug-likeness (QED) is 0.0896. The molecule has 8 heteroatoms. The van der Waals surface area contributed by atoms with E-state index in [-0.39, 0.29) is 12.7 Å². The summed E-state index contributed by atoms with van der Waals surface area (Å²) in [5.74, 6) is 0. The maximum Gasteiger partial charge on any atom is 0.472 e. The summed E-state index contributed by atoms with van der Waals surface area (Å²) < 4.78 is 35.2. The highest BCUT2D eigenvalue weighted by Gasteiger charge is 2.35. The molecule has 0 spiro atoms. The van der Waals surface area contributed by atoms with Gasteiger partial charge in [-0.05, 0) is 19.3 Å². The van der Waals surface area contributed by atoms with Crippen LogP contribution >= 0.6 is 7.82 Å². The van der Waals surface area contributed by atoms with Crippen LogP contribution in [0.4, 0.5) is 0 Å². The fraction of sp³-hybridized carbons (Fsp3) is 1.00. The molecular formula is C27H57NO6P+. The number of ether oxygens (including phenoxy) is 2. The summed E-state index contributed by atoms with van der Waals surface area (Å²) >= 11 is 0. The van der Waals surface area contributed by atoms with Crippen molar-refractivity contribution in [2.45, 2.75) is 122 Å². The van der Waals surface area contributed by atoms with Crippen LogP contribution in [-0.2, 0) is 23.1 Å². The standard InChI is InChI=1S/C27H56NO6P/c1-5-6-7-8-9-10-11-12-13-14-15-16-17-18-22-31-25-27-26(20-19-23-32-27)34-35(29,30)33-24-21-28(2,3)4/h26-27H,5-25H2,1-4H3/p+1/t26-,27+/m1/s1. The zero-order chi connectivity index (χ0) is 25.8.